The van der Waals surface area contributed by atoms with Crippen molar-refractivity contribution < 1.29 is 9.64 Å². The predicted molar refractivity (Wildman–Crippen MR) is 80.0 cm³/mol. The molecule has 0 amide bonds. The Labute approximate surface area is 117 Å². The molecule has 0 aliphatic heterocycles. The first kappa shape index (κ1) is 14.4. The molecular weight excluding hydrogens is 234 g/mol. The molecule has 0 bridgehead atoms. The summed E-state index contributed by atoms with van der Waals surface area (Å²) in [6.45, 7) is 6.18. The van der Waals surface area contributed by atoms with E-state index in [1.54, 1.807) is 4.90 Å². The Bertz CT molecular complexity index is 396. The van der Waals surface area contributed by atoms with Gasteiger partial charge in [-0.15, -0.1) is 0 Å². The van der Waals surface area contributed by atoms with Crippen LogP contribution in [0.3, 0.4) is 0 Å². The molecule has 2 heteroatoms. The number of aryl methyl sites for hydroxylation is 2. The van der Waals surface area contributed by atoms with Gasteiger partial charge in [0.1, 0.15) is 18.9 Å². The van der Waals surface area contributed by atoms with Gasteiger partial charge in [-0.05, 0) is 51.2 Å². The van der Waals surface area contributed by atoms with Crippen LogP contribution in [0, 0.1) is 13.8 Å². The summed E-state index contributed by atoms with van der Waals surface area (Å²) in [6.07, 6.45) is 7.06. The van der Waals surface area contributed by atoms with E-state index in [4.69, 9.17) is 4.74 Å². The van der Waals surface area contributed by atoms with E-state index < -0.39 is 0 Å². The lowest BCUT2D eigenvalue weighted by atomic mass is 9.94. The van der Waals surface area contributed by atoms with E-state index >= 15 is 0 Å². The maximum atomic E-state index is 5.93. The number of hydrogen-bond acceptors (Lipinski definition) is 1. The summed E-state index contributed by atoms with van der Waals surface area (Å²) in [7, 11) is 2.32. The normalized spacial score (nSPS) is 18.3. The third-order valence-corrected chi connectivity index (χ3v) is 4.39. The molecule has 0 heterocycles. The van der Waals surface area contributed by atoms with Crippen molar-refractivity contribution in [3.05, 3.63) is 29.3 Å². The molecule has 0 aromatic heterocycles. The summed E-state index contributed by atoms with van der Waals surface area (Å²) >= 11 is 0. The molecule has 1 aliphatic rings. The standard InChI is InChI=1S/C17H27NO/c1-14-9-10-17(15(2)13-14)19-12-11-18(3)16-7-5-4-6-8-16/h9-10,13,16H,4-8,11-12H2,1-3H3/p+1. The van der Waals surface area contributed by atoms with Crippen LogP contribution in [0.2, 0.25) is 0 Å². The van der Waals surface area contributed by atoms with Crippen LogP contribution in [0.4, 0.5) is 0 Å². The third kappa shape index (κ3) is 4.24. The molecule has 0 radical (unpaired) electrons. The van der Waals surface area contributed by atoms with Gasteiger partial charge in [-0.2, -0.15) is 0 Å². The second kappa shape index (κ2) is 6.95. The topological polar surface area (TPSA) is 13.7 Å². The first-order chi connectivity index (χ1) is 9.16. The monoisotopic (exact) mass is 262 g/mol. The van der Waals surface area contributed by atoms with E-state index in [1.807, 2.05) is 0 Å². The molecule has 1 atom stereocenters. The second-order valence-electron chi connectivity index (χ2n) is 6.05. The SMILES string of the molecule is Cc1ccc(OCC[NH+](C)C2CCCCC2)c(C)c1. The van der Waals surface area contributed by atoms with Crippen molar-refractivity contribution in [2.45, 2.75) is 52.0 Å². The smallest absolute Gasteiger partial charge is 0.137 e. The van der Waals surface area contributed by atoms with Crippen molar-refractivity contribution in [3.63, 3.8) is 0 Å². The van der Waals surface area contributed by atoms with Crippen LogP contribution in [0.1, 0.15) is 43.2 Å². The van der Waals surface area contributed by atoms with Gasteiger partial charge in [0, 0.05) is 0 Å². The Morgan fingerprint density at radius 2 is 1.89 bits per heavy atom. The van der Waals surface area contributed by atoms with Crippen LogP contribution >= 0.6 is 0 Å². The molecule has 19 heavy (non-hydrogen) atoms. The van der Waals surface area contributed by atoms with Crippen molar-refractivity contribution in [2.75, 3.05) is 20.2 Å². The first-order valence-corrected chi connectivity index (χ1v) is 7.69. The van der Waals surface area contributed by atoms with Crippen LogP contribution in [0.15, 0.2) is 18.2 Å². The maximum absolute atomic E-state index is 5.93. The second-order valence-corrected chi connectivity index (χ2v) is 6.05. The molecule has 2 nitrogen and oxygen atoms in total. The van der Waals surface area contributed by atoms with Crippen molar-refractivity contribution in [3.8, 4) is 5.75 Å². The minimum atomic E-state index is 0.826. The molecule has 1 saturated carbocycles. The molecular formula is C17H28NO+. The fraction of sp³-hybridized carbons (Fsp3) is 0.647. The predicted octanol–water partition coefficient (Wildman–Crippen LogP) is 2.53. The molecule has 0 spiro atoms. The van der Waals surface area contributed by atoms with Crippen molar-refractivity contribution in [1.82, 2.24) is 0 Å². The summed E-state index contributed by atoms with van der Waals surface area (Å²) < 4.78 is 5.93. The molecule has 106 valence electrons. The van der Waals surface area contributed by atoms with Crippen molar-refractivity contribution >= 4 is 0 Å². The van der Waals surface area contributed by atoms with Gasteiger partial charge in [0.05, 0.1) is 13.1 Å². The molecule has 1 unspecified atom stereocenters. The van der Waals surface area contributed by atoms with Gasteiger partial charge in [-0.25, -0.2) is 0 Å². The van der Waals surface area contributed by atoms with Crippen LogP contribution in [0.5, 0.6) is 5.75 Å². The van der Waals surface area contributed by atoms with Gasteiger partial charge in [-0.3, -0.25) is 0 Å². The highest BCUT2D eigenvalue weighted by atomic mass is 16.5. The minimum absolute atomic E-state index is 0.826. The zero-order valence-electron chi connectivity index (χ0n) is 12.7. The van der Waals surface area contributed by atoms with Crippen LogP contribution in [-0.4, -0.2) is 26.2 Å². The highest BCUT2D eigenvalue weighted by Crippen LogP contribution is 2.18. The number of hydrogen-bond donors (Lipinski definition) is 1. The summed E-state index contributed by atoms with van der Waals surface area (Å²) in [4.78, 5) is 1.64. The van der Waals surface area contributed by atoms with Crippen LogP contribution in [-0.2, 0) is 0 Å². The average Bonchev–Trinajstić information content (AvgIpc) is 2.42. The van der Waals surface area contributed by atoms with Crippen LogP contribution < -0.4 is 9.64 Å². The number of ether oxygens (including phenoxy) is 1. The molecule has 2 rings (SSSR count). The van der Waals surface area contributed by atoms with E-state index in [9.17, 15) is 0 Å². The molecule has 1 N–H and O–H groups in total. The lowest BCUT2D eigenvalue weighted by molar-refractivity contribution is -0.907. The Morgan fingerprint density at radius 3 is 2.58 bits per heavy atom. The average molecular weight is 262 g/mol. The van der Waals surface area contributed by atoms with Gasteiger partial charge in [0.25, 0.3) is 0 Å². The fourth-order valence-electron chi connectivity index (χ4n) is 3.08. The van der Waals surface area contributed by atoms with Gasteiger partial charge in [-0.1, -0.05) is 24.1 Å². The van der Waals surface area contributed by atoms with E-state index in [1.165, 1.54) is 43.2 Å². The quantitative estimate of drug-likeness (QED) is 0.861. The van der Waals surface area contributed by atoms with E-state index in [0.717, 1.165) is 24.9 Å². The fourth-order valence-corrected chi connectivity index (χ4v) is 3.08. The zero-order valence-corrected chi connectivity index (χ0v) is 12.7. The van der Waals surface area contributed by atoms with Gasteiger partial charge < -0.3 is 9.64 Å². The lowest BCUT2D eigenvalue weighted by Crippen LogP contribution is -3.13. The number of rotatable bonds is 5. The molecule has 1 aromatic rings. The maximum Gasteiger partial charge on any atom is 0.137 e. The highest BCUT2D eigenvalue weighted by molar-refractivity contribution is 5.35. The Balaban J connectivity index is 1.76. The van der Waals surface area contributed by atoms with Crippen molar-refractivity contribution in [1.29, 1.82) is 0 Å². The lowest BCUT2D eigenvalue weighted by Gasteiger charge is -2.28. The van der Waals surface area contributed by atoms with Gasteiger partial charge >= 0.3 is 0 Å². The Morgan fingerprint density at radius 1 is 1.16 bits per heavy atom. The summed E-state index contributed by atoms with van der Waals surface area (Å²) in [5.74, 6) is 1.04. The number of quaternary nitrogens is 1. The van der Waals surface area contributed by atoms with E-state index in [0.29, 0.717) is 0 Å². The summed E-state index contributed by atoms with van der Waals surface area (Å²) in [5, 5.41) is 0. The minimum Gasteiger partial charge on any atom is -0.487 e. The van der Waals surface area contributed by atoms with Crippen LogP contribution in [0.25, 0.3) is 0 Å². The summed E-state index contributed by atoms with van der Waals surface area (Å²) in [6, 6.07) is 7.27. The molecule has 1 aliphatic carbocycles. The first-order valence-electron chi connectivity index (χ1n) is 7.69. The Hall–Kier alpha value is -1.02. The third-order valence-electron chi connectivity index (χ3n) is 4.39. The molecule has 0 saturated heterocycles. The number of nitrogens with one attached hydrogen (secondary N) is 1. The number of benzene rings is 1. The molecule has 1 aromatic carbocycles. The Kier molecular flexibility index (Phi) is 5.26. The van der Waals surface area contributed by atoms with Gasteiger partial charge in [0.2, 0.25) is 0 Å². The highest BCUT2D eigenvalue weighted by Gasteiger charge is 2.20. The van der Waals surface area contributed by atoms with Crippen molar-refractivity contribution in [2.24, 2.45) is 0 Å². The summed E-state index contributed by atoms with van der Waals surface area (Å²) in [5.41, 5.74) is 2.55. The number of likely N-dealkylation sites (N-methyl/N-ethyl adjacent to an activating group) is 1. The van der Waals surface area contributed by atoms with E-state index in [-0.39, 0.29) is 0 Å². The van der Waals surface area contributed by atoms with Gasteiger partial charge in [0.15, 0.2) is 0 Å². The largest absolute Gasteiger partial charge is 0.487 e. The molecule has 1 fully saturated rings. The van der Waals surface area contributed by atoms with E-state index in [2.05, 4.69) is 39.1 Å². The zero-order chi connectivity index (χ0) is 13.7.